The van der Waals surface area contributed by atoms with Crippen LogP contribution in [0, 0.1) is 5.82 Å². The van der Waals surface area contributed by atoms with Gasteiger partial charge in [0.15, 0.2) is 0 Å². The highest BCUT2D eigenvalue weighted by atomic mass is 35.5. The number of benzene rings is 2. The summed E-state index contributed by atoms with van der Waals surface area (Å²) in [5.74, 6) is -1.09. The molecule has 1 heterocycles. The third-order valence-electron chi connectivity index (χ3n) is 5.89. The van der Waals surface area contributed by atoms with Crippen LogP contribution in [0.15, 0.2) is 47.4 Å². The van der Waals surface area contributed by atoms with Gasteiger partial charge in [0.05, 0.1) is 17.6 Å². The number of ether oxygens (including phenoxy) is 3. The third kappa shape index (κ3) is 7.37. The number of nitrogens with one attached hydrogen (secondary N) is 2. The summed E-state index contributed by atoms with van der Waals surface area (Å²) in [6.45, 7) is 2.83. The Balaban J connectivity index is 1.64. The van der Waals surface area contributed by atoms with Crippen molar-refractivity contribution in [1.29, 1.82) is 0 Å². The van der Waals surface area contributed by atoms with Gasteiger partial charge in [-0.15, -0.1) is 0 Å². The third-order valence-corrected chi connectivity index (χ3v) is 7.67. The lowest BCUT2D eigenvalue weighted by atomic mass is 9.89. The Hall–Kier alpha value is -2.28. The molecular formula is C24H30ClFN2O7S. The van der Waals surface area contributed by atoms with Crippen LogP contribution in [-0.2, 0) is 30.9 Å². The van der Waals surface area contributed by atoms with E-state index in [1.807, 2.05) is 6.92 Å². The molecule has 2 atom stereocenters. The van der Waals surface area contributed by atoms with E-state index in [4.69, 9.17) is 25.8 Å². The number of carbonyl (C=O) groups excluding carboxylic acids is 1. The molecule has 0 aromatic heterocycles. The van der Waals surface area contributed by atoms with E-state index < -0.39 is 27.3 Å². The maximum absolute atomic E-state index is 13.9. The molecular weight excluding hydrogens is 515 g/mol. The van der Waals surface area contributed by atoms with Crippen molar-refractivity contribution in [2.75, 3.05) is 19.8 Å². The smallest absolute Gasteiger partial charge is 0.267 e. The van der Waals surface area contributed by atoms with Crippen LogP contribution < -0.4 is 14.9 Å². The average Bonchev–Trinajstić information content (AvgIpc) is 2.86. The second-order valence-corrected chi connectivity index (χ2v) is 10.6. The first-order chi connectivity index (χ1) is 17.2. The summed E-state index contributed by atoms with van der Waals surface area (Å²) in [5, 5.41) is 9.52. The summed E-state index contributed by atoms with van der Waals surface area (Å²) in [7, 11) is -4.16. The summed E-state index contributed by atoms with van der Waals surface area (Å²) in [6, 6.07) is 9.68. The van der Waals surface area contributed by atoms with Gasteiger partial charge in [-0.25, -0.2) is 18.3 Å². The molecule has 3 N–H and O–H groups in total. The molecule has 0 radical (unpaired) electrons. The fourth-order valence-corrected chi connectivity index (χ4v) is 5.39. The first-order valence-electron chi connectivity index (χ1n) is 11.5. The van der Waals surface area contributed by atoms with Crippen molar-refractivity contribution in [3.05, 3.63) is 58.9 Å². The summed E-state index contributed by atoms with van der Waals surface area (Å²) in [4.78, 5) is 12.4. The zero-order valence-corrected chi connectivity index (χ0v) is 21.4. The van der Waals surface area contributed by atoms with Crippen LogP contribution >= 0.6 is 11.6 Å². The predicted molar refractivity (Wildman–Crippen MR) is 130 cm³/mol. The van der Waals surface area contributed by atoms with Gasteiger partial charge in [-0.3, -0.25) is 10.0 Å². The lowest BCUT2D eigenvalue weighted by Crippen LogP contribution is -2.63. The van der Waals surface area contributed by atoms with Crippen LogP contribution in [0.25, 0.3) is 0 Å². The molecule has 9 nitrogen and oxygen atoms in total. The number of sulfonamides is 1. The summed E-state index contributed by atoms with van der Waals surface area (Å²) in [5.41, 5.74) is 0.182. The quantitative estimate of drug-likeness (QED) is 0.212. The van der Waals surface area contributed by atoms with E-state index >= 15 is 0 Å². The number of halogens is 2. The van der Waals surface area contributed by atoms with Gasteiger partial charge in [-0.2, -0.15) is 4.72 Å². The van der Waals surface area contributed by atoms with Gasteiger partial charge in [0.25, 0.3) is 5.91 Å². The van der Waals surface area contributed by atoms with Gasteiger partial charge < -0.3 is 14.2 Å². The molecule has 1 fully saturated rings. The van der Waals surface area contributed by atoms with E-state index in [0.29, 0.717) is 37.4 Å². The van der Waals surface area contributed by atoms with Crippen LogP contribution in [-0.4, -0.2) is 51.0 Å². The van der Waals surface area contributed by atoms with E-state index in [-0.39, 0.29) is 35.7 Å². The average molecular weight is 545 g/mol. The highest BCUT2D eigenvalue weighted by Gasteiger charge is 2.46. The number of amides is 1. The lowest BCUT2D eigenvalue weighted by molar-refractivity contribution is -0.143. The van der Waals surface area contributed by atoms with Gasteiger partial charge in [-0.05, 0) is 69.0 Å². The lowest BCUT2D eigenvalue weighted by Gasteiger charge is -2.38. The molecule has 0 aliphatic carbocycles. The molecule has 2 aromatic carbocycles. The highest BCUT2D eigenvalue weighted by molar-refractivity contribution is 7.89. The van der Waals surface area contributed by atoms with E-state index in [1.165, 1.54) is 36.4 Å². The minimum atomic E-state index is -4.16. The number of rotatable bonds is 12. The Morgan fingerprint density at radius 1 is 1.28 bits per heavy atom. The Kier molecular flexibility index (Phi) is 10.1. The zero-order chi connectivity index (χ0) is 26.2. The number of hydroxylamine groups is 1. The SMILES string of the molecule is CCOCCCC1CCC(NS(=O)(=O)c2ccc(OCc3ccc(Cl)cc3F)cc2)(C(=O)NO)CO1. The first-order valence-corrected chi connectivity index (χ1v) is 13.4. The van der Waals surface area contributed by atoms with Crippen LogP contribution in [0.3, 0.4) is 0 Å². The number of hydrogen-bond donors (Lipinski definition) is 3. The van der Waals surface area contributed by atoms with Gasteiger partial charge in [0, 0.05) is 23.8 Å². The van der Waals surface area contributed by atoms with Crippen molar-refractivity contribution in [2.45, 2.75) is 55.8 Å². The maximum Gasteiger partial charge on any atom is 0.267 e. The van der Waals surface area contributed by atoms with Gasteiger partial charge in [0.2, 0.25) is 10.0 Å². The van der Waals surface area contributed by atoms with E-state index in [0.717, 1.165) is 6.42 Å². The zero-order valence-electron chi connectivity index (χ0n) is 19.8. The van der Waals surface area contributed by atoms with Gasteiger partial charge in [-0.1, -0.05) is 17.7 Å². The van der Waals surface area contributed by atoms with Crippen LogP contribution in [0.2, 0.25) is 5.02 Å². The first kappa shape index (κ1) is 28.3. The van der Waals surface area contributed by atoms with Crippen molar-refractivity contribution in [1.82, 2.24) is 10.2 Å². The summed E-state index contributed by atoms with van der Waals surface area (Å²) < 4.78 is 59.1. The normalized spacial score (nSPS) is 20.2. The monoisotopic (exact) mass is 544 g/mol. The second kappa shape index (κ2) is 12.8. The molecule has 0 saturated carbocycles. The molecule has 1 aliphatic rings. The molecule has 198 valence electrons. The Morgan fingerprint density at radius 2 is 2.03 bits per heavy atom. The Bertz CT molecular complexity index is 1120. The van der Waals surface area contributed by atoms with Crippen molar-refractivity contribution >= 4 is 27.5 Å². The minimum absolute atomic E-state index is 0.0732. The van der Waals surface area contributed by atoms with Crippen molar-refractivity contribution in [2.24, 2.45) is 0 Å². The number of carbonyl (C=O) groups is 1. The van der Waals surface area contributed by atoms with E-state index in [2.05, 4.69) is 4.72 Å². The minimum Gasteiger partial charge on any atom is -0.489 e. The van der Waals surface area contributed by atoms with E-state index in [9.17, 15) is 22.8 Å². The molecule has 2 aromatic rings. The maximum atomic E-state index is 13.9. The van der Waals surface area contributed by atoms with Crippen molar-refractivity contribution in [3.63, 3.8) is 0 Å². The van der Waals surface area contributed by atoms with Gasteiger partial charge >= 0.3 is 0 Å². The summed E-state index contributed by atoms with van der Waals surface area (Å²) in [6.07, 6.45) is 1.92. The fraction of sp³-hybridized carbons (Fsp3) is 0.458. The van der Waals surface area contributed by atoms with Gasteiger partial charge in [0.1, 0.15) is 23.7 Å². The number of hydrogen-bond acceptors (Lipinski definition) is 7. The van der Waals surface area contributed by atoms with Crippen molar-refractivity contribution < 1.29 is 37.0 Å². The molecule has 1 aliphatic heterocycles. The predicted octanol–water partition coefficient (Wildman–Crippen LogP) is 3.58. The molecule has 2 unspecified atom stereocenters. The summed E-state index contributed by atoms with van der Waals surface area (Å²) >= 11 is 5.75. The standard InChI is InChI=1S/C24H30ClFN2O7S/c1-2-33-13-3-4-19-11-12-24(16-35-19,23(29)27-30)28-36(31,32)21-9-7-20(8-10-21)34-15-17-5-6-18(25)14-22(17)26/h5-10,14,19,28,30H,2-4,11-13,15-16H2,1H3,(H,27,29). The van der Waals surface area contributed by atoms with E-state index in [1.54, 1.807) is 11.5 Å². The largest absolute Gasteiger partial charge is 0.489 e. The molecule has 1 amide bonds. The van der Waals surface area contributed by atoms with Crippen LogP contribution in [0.1, 0.15) is 38.2 Å². The Labute approximate surface area is 214 Å². The molecule has 12 heteroatoms. The fourth-order valence-electron chi connectivity index (χ4n) is 3.85. The molecule has 3 rings (SSSR count). The molecule has 0 spiro atoms. The highest BCUT2D eigenvalue weighted by Crippen LogP contribution is 2.28. The van der Waals surface area contributed by atoms with Crippen LogP contribution in [0.4, 0.5) is 4.39 Å². The second-order valence-electron chi connectivity index (χ2n) is 8.44. The van der Waals surface area contributed by atoms with Crippen LogP contribution in [0.5, 0.6) is 5.75 Å². The Morgan fingerprint density at radius 3 is 2.64 bits per heavy atom. The molecule has 0 bridgehead atoms. The topological polar surface area (TPSA) is 123 Å². The molecule has 1 saturated heterocycles. The van der Waals surface area contributed by atoms with Crippen molar-refractivity contribution in [3.8, 4) is 5.75 Å². The molecule has 36 heavy (non-hydrogen) atoms.